The average molecular weight is 278 g/mol. The molecular formula is C15H13ClFNO. The normalized spacial score (nSPS) is 15.3. The zero-order valence-corrected chi connectivity index (χ0v) is 11.0. The molecule has 0 amide bonds. The number of ether oxygens (including phenoxy) is 1. The van der Waals surface area contributed by atoms with Gasteiger partial charge in [-0.1, -0.05) is 35.9 Å². The van der Waals surface area contributed by atoms with Gasteiger partial charge < -0.3 is 10.5 Å². The lowest BCUT2D eigenvalue weighted by atomic mass is 9.96. The number of benzene rings is 2. The van der Waals surface area contributed by atoms with E-state index in [-0.39, 0.29) is 11.9 Å². The van der Waals surface area contributed by atoms with E-state index in [0.29, 0.717) is 18.2 Å². The fourth-order valence-corrected chi connectivity index (χ4v) is 2.60. The van der Waals surface area contributed by atoms with Crippen molar-refractivity contribution in [2.75, 3.05) is 0 Å². The maximum Gasteiger partial charge on any atom is 0.124 e. The molecule has 0 radical (unpaired) electrons. The molecular weight excluding hydrogens is 265 g/mol. The fourth-order valence-electron chi connectivity index (χ4n) is 2.32. The Balaban J connectivity index is 1.97. The van der Waals surface area contributed by atoms with E-state index in [9.17, 15) is 4.39 Å². The highest BCUT2D eigenvalue weighted by molar-refractivity contribution is 6.31. The summed E-state index contributed by atoms with van der Waals surface area (Å²) in [4.78, 5) is 0. The molecule has 19 heavy (non-hydrogen) atoms. The van der Waals surface area contributed by atoms with Crippen LogP contribution in [0.5, 0.6) is 0 Å². The largest absolute Gasteiger partial charge is 0.372 e. The van der Waals surface area contributed by atoms with E-state index in [1.807, 2.05) is 18.2 Å². The zero-order valence-electron chi connectivity index (χ0n) is 10.2. The van der Waals surface area contributed by atoms with Crippen molar-refractivity contribution < 1.29 is 9.13 Å². The Morgan fingerprint density at radius 1 is 1.11 bits per heavy atom. The SMILES string of the molecule is NC(c1ccc2c(c1)COC2)c1ccc(F)cc1Cl. The van der Waals surface area contributed by atoms with Crippen LogP contribution in [0.3, 0.4) is 0 Å². The van der Waals surface area contributed by atoms with Gasteiger partial charge in [0.2, 0.25) is 0 Å². The minimum atomic E-state index is -0.362. The highest BCUT2D eigenvalue weighted by Gasteiger charge is 2.17. The molecule has 0 bridgehead atoms. The van der Waals surface area contributed by atoms with Crippen molar-refractivity contribution >= 4 is 11.6 Å². The quantitative estimate of drug-likeness (QED) is 0.911. The van der Waals surface area contributed by atoms with Crippen LogP contribution in [-0.2, 0) is 18.0 Å². The van der Waals surface area contributed by atoms with Crippen LogP contribution < -0.4 is 5.73 Å². The summed E-state index contributed by atoms with van der Waals surface area (Å²) in [6, 6.07) is 9.95. The molecule has 98 valence electrons. The van der Waals surface area contributed by atoms with Crippen LogP contribution in [0.4, 0.5) is 4.39 Å². The predicted octanol–water partition coefficient (Wildman–Crippen LogP) is 3.56. The third kappa shape index (κ3) is 2.37. The Bertz CT molecular complexity index is 630. The summed E-state index contributed by atoms with van der Waals surface area (Å²) >= 11 is 6.05. The highest BCUT2D eigenvalue weighted by Crippen LogP contribution is 2.30. The second-order valence-electron chi connectivity index (χ2n) is 4.66. The van der Waals surface area contributed by atoms with Crippen molar-refractivity contribution in [3.8, 4) is 0 Å². The molecule has 0 saturated heterocycles. The first-order chi connectivity index (χ1) is 9.15. The molecule has 0 spiro atoms. The molecule has 2 nitrogen and oxygen atoms in total. The van der Waals surface area contributed by atoms with Gasteiger partial charge in [0.05, 0.1) is 19.3 Å². The molecule has 0 fully saturated rings. The van der Waals surface area contributed by atoms with Crippen molar-refractivity contribution in [1.29, 1.82) is 0 Å². The summed E-state index contributed by atoms with van der Waals surface area (Å²) in [7, 11) is 0. The monoisotopic (exact) mass is 277 g/mol. The number of nitrogens with two attached hydrogens (primary N) is 1. The Morgan fingerprint density at radius 3 is 2.68 bits per heavy atom. The van der Waals surface area contributed by atoms with Gasteiger partial charge in [-0.25, -0.2) is 4.39 Å². The number of rotatable bonds is 2. The molecule has 0 aliphatic carbocycles. The van der Waals surface area contributed by atoms with Crippen molar-refractivity contribution in [2.24, 2.45) is 5.73 Å². The summed E-state index contributed by atoms with van der Waals surface area (Å²) in [6.45, 7) is 1.27. The van der Waals surface area contributed by atoms with Gasteiger partial charge in [0, 0.05) is 5.02 Å². The molecule has 1 heterocycles. The van der Waals surface area contributed by atoms with Gasteiger partial charge in [0.15, 0.2) is 0 Å². The van der Waals surface area contributed by atoms with Crippen LogP contribution in [0.15, 0.2) is 36.4 Å². The van der Waals surface area contributed by atoms with Gasteiger partial charge in [-0.05, 0) is 34.4 Å². The second kappa shape index (κ2) is 4.93. The molecule has 0 aromatic heterocycles. The Labute approximate surface area is 115 Å². The number of hydrogen-bond donors (Lipinski definition) is 1. The van der Waals surface area contributed by atoms with Crippen LogP contribution in [0.25, 0.3) is 0 Å². The van der Waals surface area contributed by atoms with E-state index in [1.165, 1.54) is 17.7 Å². The van der Waals surface area contributed by atoms with Crippen molar-refractivity contribution in [1.82, 2.24) is 0 Å². The average Bonchev–Trinajstić information content (AvgIpc) is 2.85. The maximum atomic E-state index is 13.1. The zero-order chi connectivity index (χ0) is 13.4. The first-order valence-electron chi connectivity index (χ1n) is 6.05. The van der Waals surface area contributed by atoms with Gasteiger partial charge in [-0.2, -0.15) is 0 Å². The molecule has 1 atom stereocenters. The van der Waals surface area contributed by atoms with E-state index in [0.717, 1.165) is 16.7 Å². The van der Waals surface area contributed by atoms with E-state index >= 15 is 0 Å². The topological polar surface area (TPSA) is 35.2 Å². The van der Waals surface area contributed by atoms with Gasteiger partial charge in [0.1, 0.15) is 5.82 Å². The molecule has 3 rings (SSSR count). The number of fused-ring (bicyclic) bond motifs is 1. The summed E-state index contributed by atoms with van der Waals surface area (Å²) in [5.74, 6) is -0.358. The molecule has 2 N–H and O–H groups in total. The molecule has 1 aliphatic heterocycles. The number of hydrogen-bond acceptors (Lipinski definition) is 2. The maximum absolute atomic E-state index is 13.1. The van der Waals surface area contributed by atoms with Gasteiger partial charge >= 0.3 is 0 Å². The summed E-state index contributed by atoms with van der Waals surface area (Å²) < 4.78 is 18.4. The van der Waals surface area contributed by atoms with Gasteiger partial charge in [-0.3, -0.25) is 0 Å². The highest BCUT2D eigenvalue weighted by atomic mass is 35.5. The van der Waals surface area contributed by atoms with Crippen LogP contribution in [-0.4, -0.2) is 0 Å². The van der Waals surface area contributed by atoms with Crippen molar-refractivity contribution in [3.63, 3.8) is 0 Å². The van der Waals surface area contributed by atoms with Crippen LogP contribution in [0, 0.1) is 5.82 Å². The van der Waals surface area contributed by atoms with E-state index in [2.05, 4.69) is 0 Å². The first-order valence-corrected chi connectivity index (χ1v) is 6.43. The summed E-state index contributed by atoms with van der Waals surface area (Å²) in [5.41, 5.74) is 10.2. The minimum Gasteiger partial charge on any atom is -0.372 e. The lowest BCUT2D eigenvalue weighted by Gasteiger charge is -2.15. The third-order valence-corrected chi connectivity index (χ3v) is 3.73. The fraction of sp³-hybridized carbons (Fsp3) is 0.200. The van der Waals surface area contributed by atoms with E-state index in [1.54, 1.807) is 6.07 Å². The standard InChI is InChI=1S/C15H13ClFNO/c16-14-6-12(17)3-4-13(14)15(18)9-1-2-10-7-19-8-11(10)5-9/h1-6,15H,7-8,18H2. The minimum absolute atomic E-state index is 0.351. The smallest absolute Gasteiger partial charge is 0.124 e. The molecule has 2 aromatic carbocycles. The van der Waals surface area contributed by atoms with Crippen molar-refractivity contribution in [3.05, 3.63) is 69.5 Å². The van der Waals surface area contributed by atoms with Crippen LogP contribution in [0.2, 0.25) is 5.02 Å². The molecule has 1 aliphatic rings. The molecule has 1 unspecified atom stereocenters. The lowest BCUT2D eigenvalue weighted by molar-refractivity contribution is 0.134. The van der Waals surface area contributed by atoms with Crippen molar-refractivity contribution in [2.45, 2.75) is 19.3 Å². The molecule has 4 heteroatoms. The second-order valence-corrected chi connectivity index (χ2v) is 5.07. The predicted molar refractivity (Wildman–Crippen MR) is 72.4 cm³/mol. The Morgan fingerprint density at radius 2 is 1.89 bits per heavy atom. The molecule has 2 aromatic rings. The third-order valence-electron chi connectivity index (χ3n) is 3.40. The first kappa shape index (κ1) is 12.6. The Hall–Kier alpha value is -1.42. The van der Waals surface area contributed by atoms with Gasteiger partial charge in [-0.15, -0.1) is 0 Å². The van der Waals surface area contributed by atoms with E-state index < -0.39 is 0 Å². The lowest BCUT2D eigenvalue weighted by Crippen LogP contribution is -2.13. The van der Waals surface area contributed by atoms with Crippen LogP contribution >= 0.6 is 11.6 Å². The van der Waals surface area contributed by atoms with Gasteiger partial charge in [0.25, 0.3) is 0 Å². The molecule has 0 saturated carbocycles. The Kier molecular flexibility index (Phi) is 3.27. The number of halogens is 2. The van der Waals surface area contributed by atoms with E-state index in [4.69, 9.17) is 22.1 Å². The summed E-state index contributed by atoms with van der Waals surface area (Å²) in [5, 5.41) is 0.351. The van der Waals surface area contributed by atoms with Crippen LogP contribution in [0.1, 0.15) is 28.3 Å². The summed E-state index contributed by atoms with van der Waals surface area (Å²) in [6.07, 6.45) is 0.